The maximum Gasteiger partial charge on any atom is 0.269 e. The highest BCUT2D eigenvalue weighted by Gasteiger charge is 2.25. The molecule has 0 aliphatic carbocycles. The minimum atomic E-state index is -3.65. The molecule has 22 heavy (non-hydrogen) atoms. The zero-order valence-corrected chi connectivity index (χ0v) is 14.4. The van der Waals surface area contributed by atoms with Crippen molar-refractivity contribution in [3.8, 4) is 5.75 Å². The maximum absolute atomic E-state index is 12.8. The van der Waals surface area contributed by atoms with Crippen molar-refractivity contribution in [2.24, 2.45) is 0 Å². The predicted octanol–water partition coefficient (Wildman–Crippen LogP) is 2.99. The normalized spacial score (nSPS) is 12.4. The van der Waals surface area contributed by atoms with Gasteiger partial charge in [-0.1, -0.05) is 27.7 Å². The lowest BCUT2D eigenvalue weighted by Crippen LogP contribution is -2.18. The Morgan fingerprint density at radius 2 is 1.95 bits per heavy atom. The highest BCUT2D eigenvalue weighted by Crippen LogP contribution is 2.33. The van der Waals surface area contributed by atoms with Gasteiger partial charge in [0.2, 0.25) is 0 Å². The van der Waals surface area contributed by atoms with Crippen molar-refractivity contribution in [2.45, 2.75) is 44.4 Å². The molecule has 0 atom stereocenters. The van der Waals surface area contributed by atoms with Crippen LogP contribution in [-0.2, 0) is 21.9 Å². The zero-order chi connectivity index (χ0) is 16.5. The average molecular weight is 322 g/mol. The van der Waals surface area contributed by atoms with Gasteiger partial charge < -0.3 is 4.74 Å². The van der Waals surface area contributed by atoms with E-state index in [0.717, 1.165) is 5.56 Å². The van der Waals surface area contributed by atoms with Gasteiger partial charge in [0, 0.05) is 24.4 Å². The molecule has 0 saturated carbocycles. The fourth-order valence-corrected chi connectivity index (χ4v) is 3.74. The van der Waals surface area contributed by atoms with E-state index in [9.17, 15) is 8.42 Å². The second kappa shape index (κ2) is 5.76. The van der Waals surface area contributed by atoms with Gasteiger partial charge in [0.15, 0.2) is 0 Å². The number of ether oxygens (including phenoxy) is 1. The van der Waals surface area contributed by atoms with E-state index < -0.39 is 10.0 Å². The molecule has 120 valence electrons. The molecule has 0 aliphatic heterocycles. The first kappa shape index (κ1) is 16.5. The number of imidazole rings is 1. The van der Waals surface area contributed by atoms with Gasteiger partial charge in [-0.25, -0.2) is 17.4 Å². The molecule has 2 aromatic rings. The summed E-state index contributed by atoms with van der Waals surface area (Å²) in [7, 11) is -2.06. The smallest absolute Gasteiger partial charge is 0.269 e. The van der Waals surface area contributed by atoms with Gasteiger partial charge in [-0.3, -0.25) is 0 Å². The largest absolute Gasteiger partial charge is 0.496 e. The SMILES string of the molecule is CCc1nccn1S(=O)(=O)c1ccc(OC)c(C(C)(C)C)c1. The van der Waals surface area contributed by atoms with Crippen LogP contribution in [0.15, 0.2) is 35.5 Å². The van der Waals surface area contributed by atoms with Crippen LogP contribution in [0.2, 0.25) is 0 Å². The van der Waals surface area contributed by atoms with Crippen molar-refractivity contribution < 1.29 is 13.2 Å². The Kier molecular flexibility index (Phi) is 4.33. The van der Waals surface area contributed by atoms with Gasteiger partial charge in [0.25, 0.3) is 10.0 Å². The summed E-state index contributed by atoms with van der Waals surface area (Å²) in [6.45, 7) is 7.95. The summed E-state index contributed by atoms with van der Waals surface area (Å²) in [5.74, 6) is 1.21. The van der Waals surface area contributed by atoms with Crippen LogP contribution < -0.4 is 4.74 Å². The fraction of sp³-hybridized carbons (Fsp3) is 0.438. The van der Waals surface area contributed by atoms with Crippen LogP contribution in [0.3, 0.4) is 0 Å². The Balaban J connectivity index is 2.63. The van der Waals surface area contributed by atoms with Gasteiger partial charge in [-0.05, 0) is 23.6 Å². The van der Waals surface area contributed by atoms with Crippen molar-refractivity contribution in [3.63, 3.8) is 0 Å². The average Bonchev–Trinajstić information content (AvgIpc) is 2.94. The summed E-state index contributed by atoms with van der Waals surface area (Å²) < 4.78 is 32.3. The van der Waals surface area contributed by atoms with Crippen molar-refractivity contribution in [2.75, 3.05) is 7.11 Å². The summed E-state index contributed by atoms with van der Waals surface area (Å²) >= 11 is 0. The third-order valence-electron chi connectivity index (χ3n) is 3.53. The Morgan fingerprint density at radius 1 is 1.27 bits per heavy atom. The molecule has 5 nitrogen and oxygen atoms in total. The molecule has 0 unspecified atom stereocenters. The Labute approximate surface area is 132 Å². The molecule has 0 bridgehead atoms. The Bertz CT molecular complexity index is 771. The van der Waals surface area contributed by atoms with E-state index in [4.69, 9.17) is 4.74 Å². The van der Waals surface area contributed by atoms with Crippen LogP contribution in [0.1, 0.15) is 39.1 Å². The molecule has 6 heteroatoms. The van der Waals surface area contributed by atoms with E-state index in [1.165, 1.54) is 16.4 Å². The molecule has 0 fully saturated rings. The Hall–Kier alpha value is -1.82. The number of hydrogen-bond acceptors (Lipinski definition) is 4. The minimum absolute atomic E-state index is 0.223. The van der Waals surface area contributed by atoms with Crippen LogP contribution >= 0.6 is 0 Å². The molecule has 1 heterocycles. The zero-order valence-electron chi connectivity index (χ0n) is 13.6. The Morgan fingerprint density at radius 3 is 2.50 bits per heavy atom. The van der Waals surface area contributed by atoms with E-state index >= 15 is 0 Å². The van der Waals surface area contributed by atoms with E-state index in [2.05, 4.69) is 4.98 Å². The number of hydrogen-bond donors (Lipinski definition) is 0. The summed E-state index contributed by atoms with van der Waals surface area (Å²) in [6, 6.07) is 4.96. The number of benzene rings is 1. The van der Waals surface area contributed by atoms with Crippen molar-refractivity contribution >= 4 is 10.0 Å². The monoisotopic (exact) mass is 322 g/mol. The lowest BCUT2D eigenvalue weighted by atomic mass is 9.86. The summed E-state index contributed by atoms with van der Waals surface area (Å²) in [6.07, 6.45) is 3.54. The van der Waals surface area contributed by atoms with Gasteiger partial charge >= 0.3 is 0 Å². The molecule has 0 saturated heterocycles. The molecular weight excluding hydrogens is 300 g/mol. The quantitative estimate of drug-likeness (QED) is 0.868. The number of aromatic nitrogens is 2. The predicted molar refractivity (Wildman–Crippen MR) is 85.9 cm³/mol. The van der Waals surface area contributed by atoms with Gasteiger partial charge in [-0.15, -0.1) is 0 Å². The second-order valence-electron chi connectivity index (χ2n) is 6.11. The van der Waals surface area contributed by atoms with Crippen molar-refractivity contribution in [1.82, 2.24) is 8.96 Å². The fourth-order valence-electron chi connectivity index (χ4n) is 2.34. The van der Waals surface area contributed by atoms with E-state index in [-0.39, 0.29) is 10.3 Å². The molecule has 2 rings (SSSR count). The number of methoxy groups -OCH3 is 1. The van der Waals surface area contributed by atoms with E-state index in [1.807, 2.05) is 27.7 Å². The van der Waals surface area contributed by atoms with Crippen molar-refractivity contribution in [1.29, 1.82) is 0 Å². The molecule has 0 aliphatic rings. The molecule has 0 radical (unpaired) electrons. The van der Waals surface area contributed by atoms with Crippen LogP contribution in [0, 0.1) is 0 Å². The molecule has 1 aromatic carbocycles. The van der Waals surface area contributed by atoms with Crippen LogP contribution in [-0.4, -0.2) is 24.5 Å². The van der Waals surface area contributed by atoms with Crippen molar-refractivity contribution in [3.05, 3.63) is 42.0 Å². The van der Waals surface area contributed by atoms with E-state index in [0.29, 0.717) is 18.0 Å². The highest BCUT2D eigenvalue weighted by atomic mass is 32.2. The standard InChI is InChI=1S/C16H22N2O3S/c1-6-15-17-9-10-18(15)22(19,20)12-7-8-14(21-5)13(11-12)16(2,3)4/h7-11H,6H2,1-5H3. The molecular formula is C16H22N2O3S. The van der Waals surface area contributed by atoms with Crippen LogP contribution in [0.25, 0.3) is 0 Å². The summed E-state index contributed by atoms with van der Waals surface area (Å²) in [5.41, 5.74) is 0.633. The summed E-state index contributed by atoms with van der Waals surface area (Å²) in [5, 5.41) is 0. The molecule has 1 aromatic heterocycles. The third-order valence-corrected chi connectivity index (χ3v) is 5.23. The second-order valence-corrected chi connectivity index (χ2v) is 7.92. The van der Waals surface area contributed by atoms with E-state index in [1.54, 1.807) is 25.3 Å². The lowest BCUT2D eigenvalue weighted by Gasteiger charge is -2.23. The third kappa shape index (κ3) is 2.88. The first-order valence-electron chi connectivity index (χ1n) is 7.18. The first-order chi connectivity index (χ1) is 10.2. The lowest BCUT2D eigenvalue weighted by molar-refractivity contribution is 0.397. The van der Waals surface area contributed by atoms with Crippen LogP contribution in [0.4, 0.5) is 0 Å². The van der Waals surface area contributed by atoms with Gasteiger partial charge in [0.05, 0.1) is 12.0 Å². The molecule has 0 N–H and O–H groups in total. The topological polar surface area (TPSA) is 61.2 Å². The molecule has 0 spiro atoms. The molecule has 0 amide bonds. The first-order valence-corrected chi connectivity index (χ1v) is 8.62. The maximum atomic E-state index is 12.8. The highest BCUT2D eigenvalue weighted by molar-refractivity contribution is 7.90. The minimum Gasteiger partial charge on any atom is -0.496 e. The number of aryl methyl sites for hydroxylation is 1. The van der Waals surface area contributed by atoms with Gasteiger partial charge in [0.1, 0.15) is 11.6 Å². The number of nitrogens with zero attached hydrogens (tertiary/aromatic N) is 2. The van der Waals surface area contributed by atoms with Crippen LogP contribution in [0.5, 0.6) is 5.75 Å². The summed E-state index contributed by atoms with van der Waals surface area (Å²) in [4.78, 5) is 4.33. The van der Waals surface area contributed by atoms with Gasteiger partial charge in [-0.2, -0.15) is 0 Å². The number of rotatable bonds is 4.